The highest BCUT2D eigenvalue weighted by atomic mass is 19.1. The lowest BCUT2D eigenvalue weighted by Gasteiger charge is -2.23. The van der Waals surface area contributed by atoms with E-state index in [1.807, 2.05) is 0 Å². The highest BCUT2D eigenvalue weighted by Crippen LogP contribution is 2.23. The van der Waals surface area contributed by atoms with Gasteiger partial charge < -0.3 is 14.6 Å². The predicted octanol–water partition coefficient (Wildman–Crippen LogP) is 1.40. The van der Waals surface area contributed by atoms with Crippen LogP contribution in [0.4, 0.5) is 10.1 Å². The van der Waals surface area contributed by atoms with Gasteiger partial charge in [-0.3, -0.25) is 14.3 Å². The van der Waals surface area contributed by atoms with Crippen LogP contribution in [0.15, 0.2) is 32.8 Å². The summed E-state index contributed by atoms with van der Waals surface area (Å²) in [4.78, 5) is 43.3. The van der Waals surface area contributed by atoms with Gasteiger partial charge in [-0.15, -0.1) is 0 Å². The van der Waals surface area contributed by atoms with Crippen LogP contribution in [-0.4, -0.2) is 44.5 Å². The summed E-state index contributed by atoms with van der Waals surface area (Å²) >= 11 is 0. The van der Waals surface area contributed by atoms with E-state index >= 15 is 0 Å². The summed E-state index contributed by atoms with van der Waals surface area (Å²) in [5, 5.41) is 8.93. The van der Waals surface area contributed by atoms with Crippen molar-refractivity contribution in [1.82, 2.24) is 14.1 Å². The Morgan fingerprint density at radius 2 is 2.03 bits per heavy atom. The molecule has 10 nitrogen and oxygen atoms in total. The Balaban J connectivity index is 2.06. The number of carboxylic acids is 1. The van der Waals surface area contributed by atoms with E-state index in [2.05, 4.69) is 9.98 Å². The predicted molar refractivity (Wildman–Crippen MR) is 112 cm³/mol. The molecule has 1 aromatic heterocycles. The summed E-state index contributed by atoms with van der Waals surface area (Å²) in [6.07, 6.45) is 0.884. The number of benzene rings is 1. The van der Waals surface area contributed by atoms with Crippen molar-refractivity contribution < 1.29 is 23.8 Å². The molecule has 0 aliphatic carbocycles. The normalized spacial score (nSPS) is 15.3. The maximum absolute atomic E-state index is 14.4. The molecule has 32 heavy (non-hydrogen) atoms. The molecule has 1 aliphatic heterocycles. The number of nitrogens with zero attached hydrogens (tertiary/aromatic N) is 3. The molecule has 1 aromatic carbocycles. The van der Waals surface area contributed by atoms with E-state index in [1.54, 1.807) is 13.8 Å². The molecule has 3 rings (SSSR count). The van der Waals surface area contributed by atoms with Gasteiger partial charge in [-0.25, -0.2) is 23.5 Å². The maximum atomic E-state index is 14.4. The minimum absolute atomic E-state index is 0.0324. The molecule has 0 unspecified atom stereocenters. The molecule has 11 heteroatoms. The molecule has 0 spiro atoms. The zero-order chi connectivity index (χ0) is 23.3. The summed E-state index contributed by atoms with van der Waals surface area (Å²) in [6, 6.07) is 4.11. The van der Waals surface area contributed by atoms with E-state index in [9.17, 15) is 18.8 Å². The van der Waals surface area contributed by atoms with Gasteiger partial charge >= 0.3 is 17.3 Å². The SMILES string of the molecule is CC(C)Oc1ccc(/N=c2\[nH]c(=O)n(CCC(=O)O)c(=O)n2CC2CCOCC2)cc1F. The average molecular weight is 450 g/mol. The molecule has 0 saturated carbocycles. The van der Waals surface area contributed by atoms with Gasteiger partial charge in [0, 0.05) is 32.4 Å². The Kier molecular flexibility index (Phi) is 7.62. The summed E-state index contributed by atoms with van der Waals surface area (Å²) in [7, 11) is 0. The third-order valence-corrected chi connectivity index (χ3v) is 5.03. The number of carboxylic acid groups (broad SMARTS) is 1. The van der Waals surface area contributed by atoms with Gasteiger partial charge in [0.1, 0.15) is 0 Å². The highest BCUT2D eigenvalue weighted by Gasteiger charge is 2.18. The van der Waals surface area contributed by atoms with Gasteiger partial charge in [0.2, 0.25) is 5.62 Å². The summed E-state index contributed by atoms with van der Waals surface area (Å²) in [5.41, 5.74) is -1.29. The number of aliphatic carboxylic acids is 1. The van der Waals surface area contributed by atoms with Crippen LogP contribution in [0.25, 0.3) is 0 Å². The molecule has 174 valence electrons. The average Bonchev–Trinajstić information content (AvgIpc) is 2.73. The first kappa shape index (κ1) is 23.5. The molecule has 0 bridgehead atoms. The molecule has 1 fully saturated rings. The Morgan fingerprint density at radius 1 is 1.31 bits per heavy atom. The summed E-state index contributed by atoms with van der Waals surface area (Å²) in [6.45, 7) is 4.69. The summed E-state index contributed by atoms with van der Waals surface area (Å²) < 4.78 is 27.3. The fourth-order valence-corrected chi connectivity index (χ4v) is 3.43. The fourth-order valence-electron chi connectivity index (χ4n) is 3.43. The zero-order valence-electron chi connectivity index (χ0n) is 18.0. The molecule has 2 heterocycles. The first-order valence-electron chi connectivity index (χ1n) is 10.5. The Labute approximate surface area is 183 Å². The van der Waals surface area contributed by atoms with Crippen LogP contribution in [0.1, 0.15) is 33.1 Å². The van der Waals surface area contributed by atoms with Crippen LogP contribution < -0.4 is 21.7 Å². The number of ether oxygens (including phenoxy) is 2. The third-order valence-electron chi connectivity index (χ3n) is 5.03. The number of aromatic nitrogens is 3. The number of H-pyrrole nitrogens is 1. The van der Waals surface area contributed by atoms with Crippen molar-refractivity contribution in [2.75, 3.05) is 13.2 Å². The van der Waals surface area contributed by atoms with Gasteiger partial charge in [-0.05, 0) is 44.7 Å². The molecule has 1 aliphatic rings. The molecular weight excluding hydrogens is 423 g/mol. The lowest BCUT2D eigenvalue weighted by molar-refractivity contribution is -0.137. The van der Waals surface area contributed by atoms with Crippen molar-refractivity contribution in [3.63, 3.8) is 0 Å². The number of hydrogen-bond acceptors (Lipinski definition) is 6. The highest BCUT2D eigenvalue weighted by molar-refractivity contribution is 5.66. The third kappa shape index (κ3) is 5.94. The first-order valence-corrected chi connectivity index (χ1v) is 10.5. The van der Waals surface area contributed by atoms with Gasteiger partial charge in [-0.2, -0.15) is 0 Å². The molecule has 1 saturated heterocycles. The van der Waals surface area contributed by atoms with E-state index in [-0.39, 0.29) is 48.6 Å². The minimum atomic E-state index is -1.12. The first-order chi connectivity index (χ1) is 15.2. The van der Waals surface area contributed by atoms with Crippen LogP contribution >= 0.6 is 0 Å². The quantitative estimate of drug-likeness (QED) is 0.626. The minimum Gasteiger partial charge on any atom is -0.488 e. The van der Waals surface area contributed by atoms with Crippen LogP contribution in [0.2, 0.25) is 0 Å². The maximum Gasteiger partial charge on any atom is 0.334 e. The van der Waals surface area contributed by atoms with Crippen molar-refractivity contribution >= 4 is 11.7 Å². The smallest absolute Gasteiger partial charge is 0.334 e. The fraction of sp³-hybridized carbons (Fsp3) is 0.524. The lowest BCUT2D eigenvalue weighted by Crippen LogP contribution is -2.51. The Bertz CT molecular complexity index is 1140. The molecule has 0 radical (unpaired) electrons. The molecule has 2 aromatic rings. The van der Waals surface area contributed by atoms with Crippen molar-refractivity contribution in [2.45, 2.75) is 52.3 Å². The van der Waals surface area contributed by atoms with E-state index < -0.39 is 23.2 Å². The monoisotopic (exact) mass is 450 g/mol. The van der Waals surface area contributed by atoms with Gasteiger partial charge in [0.25, 0.3) is 0 Å². The van der Waals surface area contributed by atoms with Crippen molar-refractivity contribution in [2.24, 2.45) is 10.9 Å². The van der Waals surface area contributed by atoms with E-state index in [4.69, 9.17) is 14.6 Å². The van der Waals surface area contributed by atoms with Crippen molar-refractivity contribution in [3.05, 3.63) is 50.6 Å². The van der Waals surface area contributed by atoms with Gasteiger partial charge in [-0.1, -0.05) is 0 Å². The molecule has 0 amide bonds. The number of carbonyl (C=O) groups is 1. The van der Waals surface area contributed by atoms with Crippen molar-refractivity contribution in [1.29, 1.82) is 0 Å². The van der Waals surface area contributed by atoms with E-state index in [0.717, 1.165) is 23.5 Å². The van der Waals surface area contributed by atoms with Gasteiger partial charge in [0.15, 0.2) is 11.6 Å². The van der Waals surface area contributed by atoms with Crippen LogP contribution in [-0.2, 0) is 22.6 Å². The molecule has 2 N–H and O–H groups in total. The number of rotatable bonds is 8. The van der Waals surface area contributed by atoms with E-state index in [0.29, 0.717) is 13.2 Å². The second-order valence-corrected chi connectivity index (χ2v) is 7.89. The molecule has 0 atom stereocenters. The Hall–Kier alpha value is -3.21. The number of aromatic amines is 1. The number of nitrogens with one attached hydrogen (secondary N) is 1. The van der Waals surface area contributed by atoms with Gasteiger partial charge in [0.05, 0.1) is 18.2 Å². The topological polar surface area (TPSA) is 128 Å². The Morgan fingerprint density at radius 3 is 2.66 bits per heavy atom. The number of halogens is 1. The second-order valence-electron chi connectivity index (χ2n) is 7.89. The standard InChI is InChI=1S/C21H27FN4O6/c1-13(2)32-17-4-3-15(11-16(17)22)23-19-24-20(29)25(8-5-18(27)28)21(30)26(19)12-14-6-9-31-10-7-14/h3-4,11,13-14H,5-10,12H2,1-2H3,(H,27,28)(H,23,24,29). The zero-order valence-corrected chi connectivity index (χ0v) is 18.0. The molecular formula is C21H27FN4O6. The summed E-state index contributed by atoms with van der Waals surface area (Å²) in [5.74, 6) is -1.55. The second kappa shape index (κ2) is 10.4. The largest absolute Gasteiger partial charge is 0.488 e. The van der Waals surface area contributed by atoms with E-state index in [1.165, 1.54) is 16.7 Å². The van der Waals surface area contributed by atoms with Crippen LogP contribution in [0, 0.1) is 11.7 Å². The van der Waals surface area contributed by atoms with Crippen molar-refractivity contribution in [3.8, 4) is 5.75 Å². The lowest BCUT2D eigenvalue weighted by atomic mass is 10.0. The number of hydrogen-bond donors (Lipinski definition) is 2. The van der Waals surface area contributed by atoms with Crippen LogP contribution in [0.3, 0.4) is 0 Å². The van der Waals surface area contributed by atoms with Crippen LogP contribution in [0.5, 0.6) is 5.75 Å².